The zero-order chi connectivity index (χ0) is 21.8. The molecule has 2 heterocycles. The van der Waals surface area contributed by atoms with Crippen molar-refractivity contribution in [2.45, 2.75) is 25.6 Å². The molecule has 0 unspecified atom stereocenters. The van der Waals surface area contributed by atoms with E-state index in [1.807, 2.05) is 56.6 Å². The average molecular weight is 409 g/mol. The van der Waals surface area contributed by atoms with Crippen molar-refractivity contribution in [3.05, 3.63) is 108 Å². The van der Waals surface area contributed by atoms with Crippen molar-refractivity contribution in [3.8, 4) is 0 Å². The molecule has 156 valence electrons. The molecular weight excluding hydrogens is 380 g/mol. The SMILES string of the molecule is CN(C)[C@@]12C(=O)C(c3ccccc3)=C(c3ccccc3)N1[C@H](c1ccccc1)C2(C)C. The Morgan fingerprint density at radius 3 is 1.74 bits per heavy atom. The van der Waals surface area contributed by atoms with Crippen LogP contribution >= 0.6 is 0 Å². The number of carbonyl (C=O) groups is 1. The third kappa shape index (κ3) is 2.47. The maximum atomic E-state index is 14.4. The van der Waals surface area contributed by atoms with Crippen LogP contribution in [0, 0.1) is 5.41 Å². The molecular formula is C28H28N2O. The standard InChI is InChI=1S/C28H28N2O/c1-27(2)25(22-18-12-7-13-19-22)30-24(21-16-10-6-11-17-21)23(20-14-8-5-9-15-20)26(31)28(27,30)29(3)4/h5-19,25H,1-4H3/t25-,28+/m1/s1. The summed E-state index contributed by atoms with van der Waals surface area (Å²) >= 11 is 0. The number of hydrogen-bond acceptors (Lipinski definition) is 3. The molecule has 0 spiro atoms. The highest BCUT2D eigenvalue weighted by atomic mass is 16.1. The summed E-state index contributed by atoms with van der Waals surface area (Å²) in [5, 5.41) is 0. The number of benzene rings is 3. The summed E-state index contributed by atoms with van der Waals surface area (Å²) in [5.74, 6) is 0.180. The van der Waals surface area contributed by atoms with Crippen LogP contribution in [0.2, 0.25) is 0 Å². The molecule has 0 amide bonds. The van der Waals surface area contributed by atoms with E-state index in [9.17, 15) is 4.79 Å². The number of Topliss-reactive ketones (excluding diaryl/α,β-unsaturated/α-hetero) is 1. The quantitative estimate of drug-likeness (QED) is 0.571. The number of carbonyl (C=O) groups excluding carboxylic acids is 1. The second kappa shape index (κ2) is 6.93. The smallest absolute Gasteiger partial charge is 0.206 e. The summed E-state index contributed by atoms with van der Waals surface area (Å²) in [6, 6.07) is 31.2. The minimum Gasteiger partial charge on any atom is -0.337 e. The van der Waals surface area contributed by atoms with E-state index < -0.39 is 5.66 Å². The lowest BCUT2D eigenvalue weighted by molar-refractivity contribution is -0.216. The van der Waals surface area contributed by atoms with E-state index in [-0.39, 0.29) is 17.2 Å². The highest BCUT2D eigenvalue weighted by molar-refractivity contribution is 6.35. The Morgan fingerprint density at radius 1 is 0.742 bits per heavy atom. The molecule has 5 rings (SSSR count). The molecule has 0 saturated carbocycles. The van der Waals surface area contributed by atoms with Gasteiger partial charge in [0.15, 0.2) is 5.66 Å². The summed E-state index contributed by atoms with van der Waals surface area (Å²) in [5.41, 5.74) is 4.11. The van der Waals surface area contributed by atoms with Gasteiger partial charge in [-0.25, -0.2) is 0 Å². The molecule has 31 heavy (non-hydrogen) atoms. The van der Waals surface area contributed by atoms with Crippen LogP contribution in [0.15, 0.2) is 91.0 Å². The Labute approximate surface area is 184 Å². The van der Waals surface area contributed by atoms with Crippen molar-refractivity contribution >= 4 is 17.1 Å². The number of fused-ring (bicyclic) bond motifs is 1. The first-order valence-corrected chi connectivity index (χ1v) is 10.8. The lowest BCUT2D eigenvalue weighted by Gasteiger charge is -2.69. The number of ketones is 1. The second-order valence-corrected chi connectivity index (χ2v) is 9.26. The Kier molecular flexibility index (Phi) is 4.42. The molecule has 1 fully saturated rings. The van der Waals surface area contributed by atoms with Crippen LogP contribution in [0.3, 0.4) is 0 Å². The Balaban J connectivity index is 1.83. The first kappa shape index (κ1) is 19.8. The molecule has 0 N–H and O–H groups in total. The summed E-state index contributed by atoms with van der Waals surface area (Å²) in [6.45, 7) is 4.46. The largest absolute Gasteiger partial charge is 0.337 e. The number of rotatable bonds is 4. The van der Waals surface area contributed by atoms with Crippen molar-refractivity contribution in [3.63, 3.8) is 0 Å². The van der Waals surface area contributed by atoms with Crippen LogP contribution in [0.5, 0.6) is 0 Å². The maximum absolute atomic E-state index is 14.4. The van der Waals surface area contributed by atoms with Crippen molar-refractivity contribution in [2.24, 2.45) is 5.41 Å². The van der Waals surface area contributed by atoms with E-state index in [4.69, 9.17) is 0 Å². The summed E-state index contributed by atoms with van der Waals surface area (Å²) in [7, 11) is 4.06. The molecule has 0 aromatic heterocycles. The lowest BCUT2D eigenvalue weighted by atomic mass is 9.59. The van der Waals surface area contributed by atoms with Crippen molar-refractivity contribution in [2.75, 3.05) is 14.1 Å². The van der Waals surface area contributed by atoms with E-state index in [0.717, 1.165) is 22.4 Å². The molecule has 0 bridgehead atoms. The zero-order valence-electron chi connectivity index (χ0n) is 18.5. The fraction of sp³-hybridized carbons (Fsp3) is 0.250. The van der Waals surface area contributed by atoms with Crippen molar-refractivity contribution in [1.82, 2.24) is 9.80 Å². The van der Waals surface area contributed by atoms with Gasteiger partial charge in [0, 0.05) is 5.41 Å². The van der Waals surface area contributed by atoms with Crippen LogP contribution in [0.4, 0.5) is 0 Å². The molecule has 2 atom stereocenters. The molecule has 1 saturated heterocycles. The van der Waals surface area contributed by atoms with Gasteiger partial charge < -0.3 is 4.90 Å². The molecule has 2 aliphatic rings. The van der Waals surface area contributed by atoms with Gasteiger partial charge in [-0.2, -0.15) is 0 Å². The second-order valence-electron chi connectivity index (χ2n) is 9.26. The third-order valence-corrected chi connectivity index (χ3v) is 7.08. The molecule has 0 aliphatic carbocycles. The Bertz CT molecular complexity index is 1150. The fourth-order valence-electron chi connectivity index (χ4n) is 5.99. The topological polar surface area (TPSA) is 23.6 Å². The highest BCUT2D eigenvalue weighted by Crippen LogP contribution is 2.69. The predicted molar refractivity (Wildman–Crippen MR) is 126 cm³/mol. The van der Waals surface area contributed by atoms with Crippen LogP contribution < -0.4 is 0 Å². The average Bonchev–Trinajstić information content (AvgIpc) is 3.03. The van der Waals surface area contributed by atoms with Crippen LogP contribution in [-0.4, -0.2) is 35.3 Å². The van der Waals surface area contributed by atoms with Gasteiger partial charge in [-0.3, -0.25) is 9.69 Å². The highest BCUT2D eigenvalue weighted by Gasteiger charge is 2.75. The van der Waals surface area contributed by atoms with Crippen LogP contribution in [-0.2, 0) is 4.79 Å². The summed E-state index contributed by atoms with van der Waals surface area (Å²) < 4.78 is 0. The molecule has 3 heteroatoms. The Morgan fingerprint density at radius 2 is 1.23 bits per heavy atom. The number of hydrogen-bond donors (Lipinski definition) is 0. The molecule has 2 aliphatic heterocycles. The fourth-order valence-corrected chi connectivity index (χ4v) is 5.99. The normalized spacial score (nSPS) is 24.4. The Hall–Kier alpha value is -3.17. The minimum atomic E-state index is -0.732. The van der Waals surface area contributed by atoms with Gasteiger partial charge in [0.05, 0.1) is 17.3 Å². The van der Waals surface area contributed by atoms with E-state index in [1.165, 1.54) is 5.56 Å². The van der Waals surface area contributed by atoms with Crippen LogP contribution in [0.25, 0.3) is 11.3 Å². The summed E-state index contributed by atoms with van der Waals surface area (Å²) in [6.07, 6.45) is 0. The molecule has 3 aromatic rings. The van der Waals surface area contributed by atoms with Gasteiger partial charge in [-0.1, -0.05) is 105 Å². The lowest BCUT2D eigenvalue weighted by Crippen LogP contribution is -2.79. The van der Waals surface area contributed by atoms with Gasteiger partial charge in [-0.05, 0) is 30.8 Å². The van der Waals surface area contributed by atoms with Crippen LogP contribution in [0.1, 0.15) is 36.6 Å². The van der Waals surface area contributed by atoms with Gasteiger partial charge in [0.2, 0.25) is 5.78 Å². The van der Waals surface area contributed by atoms with Crippen molar-refractivity contribution < 1.29 is 4.79 Å². The van der Waals surface area contributed by atoms with Gasteiger partial charge in [-0.15, -0.1) is 0 Å². The zero-order valence-corrected chi connectivity index (χ0v) is 18.5. The van der Waals surface area contributed by atoms with E-state index in [1.54, 1.807) is 0 Å². The number of likely N-dealkylation sites (N-methyl/N-ethyl adjacent to an activating group) is 1. The van der Waals surface area contributed by atoms with E-state index in [0.29, 0.717) is 0 Å². The van der Waals surface area contributed by atoms with E-state index >= 15 is 0 Å². The molecule has 0 radical (unpaired) electrons. The van der Waals surface area contributed by atoms with Gasteiger partial charge >= 0.3 is 0 Å². The first-order chi connectivity index (χ1) is 14.9. The predicted octanol–water partition coefficient (Wildman–Crippen LogP) is 5.48. The monoisotopic (exact) mass is 408 g/mol. The molecule has 3 nitrogen and oxygen atoms in total. The maximum Gasteiger partial charge on any atom is 0.206 e. The van der Waals surface area contributed by atoms with Crippen molar-refractivity contribution in [1.29, 1.82) is 0 Å². The number of nitrogens with zero attached hydrogens (tertiary/aromatic N) is 2. The van der Waals surface area contributed by atoms with E-state index in [2.05, 4.69) is 72.2 Å². The van der Waals surface area contributed by atoms with Gasteiger partial charge in [0.25, 0.3) is 0 Å². The third-order valence-electron chi connectivity index (χ3n) is 7.08. The molecule has 3 aromatic carbocycles. The first-order valence-electron chi connectivity index (χ1n) is 10.8. The summed E-state index contributed by atoms with van der Waals surface area (Å²) in [4.78, 5) is 18.9. The van der Waals surface area contributed by atoms with Gasteiger partial charge in [0.1, 0.15) is 0 Å². The minimum absolute atomic E-state index is 0.0940.